The number of benzene rings is 1. The summed E-state index contributed by atoms with van der Waals surface area (Å²) in [6.45, 7) is 6.82. The zero-order chi connectivity index (χ0) is 15.1. The maximum absolute atomic E-state index is 12.0. The third-order valence-electron chi connectivity index (χ3n) is 4.01. The molecule has 116 valence electrons. The Bertz CT molecular complexity index is 445. The SMILES string of the molecule is CCOc1ccc(CCC(=O)NC2CCNCC2C)cc1. The molecule has 1 aromatic rings. The van der Waals surface area contributed by atoms with Gasteiger partial charge in [0.25, 0.3) is 0 Å². The van der Waals surface area contributed by atoms with Crippen molar-refractivity contribution in [1.29, 1.82) is 0 Å². The minimum absolute atomic E-state index is 0.155. The van der Waals surface area contributed by atoms with Crippen LogP contribution in [0.1, 0.15) is 32.3 Å². The van der Waals surface area contributed by atoms with Crippen molar-refractivity contribution in [3.05, 3.63) is 29.8 Å². The highest BCUT2D eigenvalue weighted by atomic mass is 16.5. The first-order chi connectivity index (χ1) is 10.2. The van der Waals surface area contributed by atoms with Crippen LogP contribution in [0.15, 0.2) is 24.3 Å². The Morgan fingerprint density at radius 3 is 2.81 bits per heavy atom. The number of hydrogen-bond acceptors (Lipinski definition) is 3. The summed E-state index contributed by atoms with van der Waals surface area (Å²) < 4.78 is 5.41. The van der Waals surface area contributed by atoms with Crippen LogP contribution in [0.3, 0.4) is 0 Å². The Labute approximate surface area is 127 Å². The summed E-state index contributed by atoms with van der Waals surface area (Å²) in [4.78, 5) is 12.0. The number of hydrogen-bond donors (Lipinski definition) is 2. The number of nitrogens with one attached hydrogen (secondary N) is 2. The minimum atomic E-state index is 0.155. The highest BCUT2D eigenvalue weighted by molar-refractivity contribution is 5.76. The molecular formula is C17H26N2O2. The fourth-order valence-electron chi connectivity index (χ4n) is 2.68. The first-order valence-corrected chi connectivity index (χ1v) is 7.91. The van der Waals surface area contributed by atoms with Crippen LogP contribution in [-0.2, 0) is 11.2 Å². The van der Waals surface area contributed by atoms with Gasteiger partial charge in [0.15, 0.2) is 0 Å². The summed E-state index contributed by atoms with van der Waals surface area (Å²) in [7, 11) is 0. The molecule has 1 heterocycles. The zero-order valence-corrected chi connectivity index (χ0v) is 13.0. The number of piperidine rings is 1. The molecule has 0 radical (unpaired) electrons. The van der Waals surface area contributed by atoms with Gasteiger partial charge in [-0.25, -0.2) is 0 Å². The lowest BCUT2D eigenvalue weighted by Crippen LogP contribution is -2.48. The van der Waals surface area contributed by atoms with Crippen LogP contribution in [0.25, 0.3) is 0 Å². The lowest BCUT2D eigenvalue weighted by Gasteiger charge is -2.30. The number of rotatable bonds is 6. The van der Waals surface area contributed by atoms with Gasteiger partial charge in [0.2, 0.25) is 5.91 Å². The van der Waals surface area contributed by atoms with Crippen molar-refractivity contribution < 1.29 is 9.53 Å². The van der Waals surface area contributed by atoms with E-state index in [1.807, 2.05) is 31.2 Å². The van der Waals surface area contributed by atoms with Gasteiger partial charge in [0.1, 0.15) is 5.75 Å². The molecule has 1 amide bonds. The van der Waals surface area contributed by atoms with Crippen molar-refractivity contribution in [2.24, 2.45) is 5.92 Å². The topological polar surface area (TPSA) is 50.4 Å². The average Bonchev–Trinajstić information content (AvgIpc) is 2.49. The summed E-state index contributed by atoms with van der Waals surface area (Å²) >= 11 is 0. The molecule has 2 atom stereocenters. The van der Waals surface area contributed by atoms with Crippen molar-refractivity contribution in [1.82, 2.24) is 10.6 Å². The Morgan fingerprint density at radius 2 is 2.14 bits per heavy atom. The van der Waals surface area contributed by atoms with Crippen molar-refractivity contribution in [2.45, 2.75) is 39.2 Å². The lowest BCUT2D eigenvalue weighted by atomic mass is 9.95. The number of carbonyl (C=O) groups excluding carboxylic acids is 1. The van der Waals surface area contributed by atoms with Crippen LogP contribution in [-0.4, -0.2) is 31.6 Å². The van der Waals surface area contributed by atoms with Crippen LogP contribution < -0.4 is 15.4 Å². The van der Waals surface area contributed by atoms with Crippen molar-refractivity contribution in [2.75, 3.05) is 19.7 Å². The Morgan fingerprint density at radius 1 is 1.38 bits per heavy atom. The monoisotopic (exact) mass is 290 g/mol. The smallest absolute Gasteiger partial charge is 0.220 e. The minimum Gasteiger partial charge on any atom is -0.494 e. The van der Waals surface area contributed by atoms with Gasteiger partial charge in [-0.1, -0.05) is 19.1 Å². The van der Waals surface area contributed by atoms with E-state index in [4.69, 9.17) is 4.74 Å². The Hall–Kier alpha value is -1.55. The number of ether oxygens (including phenoxy) is 1. The highest BCUT2D eigenvalue weighted by Gasteiger charge is 2.22. The predicted octanol–water partition coefficient (Wildman–Crippen LogP) is 2.13. The molecule has 0 bridgehead atoms. The van der Waals surface area contributed by atoms with Crippen LogP contribution in [0, 0.1) is 5.92 Å². The number of amides is 1. The third kappa shape index (κ3) is 5.05. The van der Waals surface area contributed by atoms with Crippen LogP contribution in [0.2, 0.25) is 0 Å². The Kier molecular flexibility index (Phi) is 6.05. The molecule has 1 fully saturated rings. The van der Waals surface area contributed by atoms with Crippen LogP contribution >= 0.6 is 0 Å². The molecule has 2 rings (SSSR count). The number of carbonyl (C=O) groups is 1. The standard InChI is InChI=1S/C17H26N2O2/c1-3-21-15-7-4-14(5-8-15)6-9-17(20)19-16-10-11-18-12-13(16)2/h4-5,7-8,13,16,18H,3,6,9-12H2,1-2H3,(H,19,20). The first kappa shape index (κ1) is 15.8. The molecule has 1 aliphatic heterocycles. The first-order valence-electron chi connectivity index (χ1n) is 7.91. The molecule has 1 saturated heterocycles. The molecule has 1 aliphatic rings. The van der Waals surface area contributed by atoms with E-state index in [-0.39, 0.29) is 5.91 Å². The van der Waals surface area contributed by atoms with E-state index in [9.17, 15) is 4.79 Å². The Balaban J connectivity index is 1.75. The molecule has 4 heteroatoms. The normalized spacial score (nSPS) is 21.8. The molecule has 0 aliphatic carbocycles. The molecule has 1 aromatic carbocycles. The van der Waals surface area contributed by atoms with Crippen molar-refractivity contribution >= 4 is 5.91 Å². The average molecular weight is 290 g/mol. The van der Waals surface area contributed by atoms with E-state index in [2.05, 4.69) is 17.6 Å². The van der Waals surface area contributed by atoms with Gasteiger partial charge in [0.05, 0.1) is 6.61 Å². The highest BCUT2D eigenvalue weighted by Crippen LogP contribution is 2.14. The van der Waals surface area contributed by atoms with Crippen LogP contribution in [0.4, 0.5) is 0 Å². The third-order valence-corrected chi connectivity index (χ3v) is 4.01. The summed E-state index contributed by atoms with van der Waals surface area (Å²) in [6.07, 6.45) is 2.35. The van der Waals surface area contributed by atoms with Crippen molar-refractivity contribution in [3.63, 3.8) is 0 Å². The van der Waals surface area contributed by atoms with E-state index in [0.717, 1.165) is 31.7 Å². The van der Waals surface area contributed by atoms with Gasteiger partial charge in [-0.15, -0.1) is 0 Å². The quantitative estimate of drug-likeness (QED) is 0.844. The second kappa shape index (κ2) is 8.03. The number of aryl methyl sites for hydroxylation is 1. The second-order valence-electron chi connectivity index (χ2n) is 5.72. The van der Waals surface area contributed by atoms with E-state index in [1.54, 1.807) is 0 Å². The maximum atomic E-state index is 12.0. The molecule has 0 aromatic heterocycles. The molecular weight excluding hydrogens is 264 g/mol. The molecule has 0 saturated carbocycles. The van der Waals surface area contributed by atoms with Gasteiger partial charge >= 0.3 is 0 Å². The largest absolute Gasteiger partial charge is 0.494 e. The van der Waals surface area contributed by atoms with Gasteiger partial charge in [-0.3, -0.25) is 4.79 Å². The summed E-state index contributed by atoms with van der Waals surface area (Å²) in [5.74, 6) is 1.55. The maximum Gasteiger partial charge on any atom is 0.220 e. The van der Waals surface area contributed by atoms with Crippen molar-refractivity contribution in [3.8, 4) is 5.75 Å². The summed E-state index contributed by atoms with van der Waals surface area (Å²) in [6, 6.07) is 8.31. The fourth-order valence-corrected chi connectivity index (χ4v) is 2.68. The molecule has 2 unspecified atom stereocenters. The molecule has 4 nitrogen and oxygen atoms in total. The predicted molar refractivity (Wildman–Crippen MR) is 84.5 cm³/mol. The van der Waals surface area contributed by atoms with E-state index in [1.165, 1.54) is 5.56 Å². The lowest BCUT2D eigenvalue weighted by molar-refractivity contribution is -0.122. The van der Waals surface area contributed by atoms with E-state index >= 15 is 0 Å². The fraction of sp³-hybridized carbons (Fsp3) is 0.588. The van der Waals surface area contributed by atoms with Gasteiger partial charge in [0, 0.05) is 12.5 Å². The summed E-state index contributed by atoms with van der Waals surface area (Å²) in [5.41, 5.74) is 1.17. The van der Waals surface area contributed by atoms with E-state index < -0.39 is 0 Å². The van der Waals surface area contributed by atoms with Gasteiger partial charge in [-0.2, -0.15) is 0 Å². The molecule has 0 spiro atoms. The zero-order valence-electron chi connectivity index (χ0n) is 13.0. The molecule has 2 N–H and O–H groups in total. The van der Waals surface area contributed by atoms with Gasteiger partial charge < -0.3 is 15.4 Å². The van der Waals surface area contributed by atoms with Gasteiger partial charge in [-0.05, 0) is 56.5 Å². The van der Waals surface area contributed by atoms with Crippen LogP contribution in [0.5, 0.6) is 5.75 Å². The van der Waals surface area contributed by atoms with E-state index in [0.29, 0.717) is 25.0 Å². The summed E-state index contributed by atoms with van der Waals surface area (Å²) in [5, 5.41) is 6.51. The second-order valence-corrected chi connectivity index (χ2v) is 5.72. The molecule has 21 heavy (non-hydrogen) atoms.